The lowest BCUT2D eigenvalue weighted by molar-refractivity contribution is 0.263. The predicted octanol–water partition coefficient (Wildman–Crippen LogP) is 3.49. The highest BCUT2D eigenvalue weighted by atomic mass is 15.3. The summed E-state index contributed by atoms with van der Waals surface area (Å²) in [6, 6.07) is 13.0. The van der Waals surface area contributed by atoms with Crippen molar-refractivity contribution in [2.45, 2.75) is 25.8 Å². The van der Waals surface area contributed by atoms with Crippen molar-refractivity contribution in [3.63, 3.8) is 0 Å². The van der Waals surface area contributed by atoms with Crippen LogP contribution in [0.2, 0.25) is 0 Å². The van der Waals surface area contributed by atoms with Crippen LogP contribution >= 0.6 is 0 Å². The van der Waals surface area contributed by atoms with Crippen molar-refractivity contribution >= 4 is 0 Å². The zero-order valence-electron chi connectivity index (χ0n) is 13.8. The van der Waals surface area contributed by atoms with Gasteiger partial charge in [-0.25, -0.2) is 14.6 Å². The summed E-state index contributed by atoms with van der Waals surface area (Å²) in [6.45, 7) is 4.68. The van der Waals surface area contributed by atoms with Gasteiger partial charge >= 0.3 is 0 Å². The van der Waals surface area contributed by atoms with Crippen LogP contribution in [0.5, 0.6) is 0 Å². The Morgan fingerprint density at radius 2 is 1.92 bits per heavy atom. The molecule has 0 spiro atoms. The van der Waals surface area contributed by atoms with E-state index in [2.05, 4.69) is 51.2 Å². The summed E-state index contributed by atoms with van der Waals surface area (Å²) >= 11 is 0. The van der Waals surface area contributed by atoms with Gasteiger partial charge < -0.3 is 0 Å². The van der Waals surface area contributed by atoms with Gasteiger partial charge in [0.25, 0.3) is 0 Å². The first-order valence-electron chi connectivity index (χ1n) is 8.48. The van der Waals surface area contributed by atoms with Crippen LogP contribution in [-0.4, -0.2) is 37.7 Å². The Hall–Kier alpha value is -2.53. The molecule has 1 aromatic carbocycles. The Labute approximate surface area is 142 Å². The highest BCUT2D eigenvalue weighted by molar-refractivity contribution is 5.61. The fourth-order valence-corrected chi connectivity index (χ4v) is 3.33. The number of nitrogens with zero attached hydrogens (tertiary/aromatic N) is 5. The van der Waals surface area contributed by atoms with Gasteiger partial charge in [0.1, 0.15) is 6.33 Å². The topological polar surface area (TPSA) is 46.8 Å². The van der Waals surface area contributed by atoms with Crippen molar-refractivity contribution in [1.82, 2.24) is 24.6 Å². The molecule has 0 N–H and O–H groups in total. The normalized spacial score (nSPS) is 16.4. The van der Waals surface area contributed by atoms with Gasteiger partial charge in [0.05, 0.1) is 5.69 Å². The van der Waals surface area contributed by atoms with Gasteiger partial charge in [-0.05, 0) is 50.6 Å². The molecule has 0 unspecified atom stereocenters. The second-order valence-corrected chi connectivity index (χ2v) is 6.26. The quantitative estimate of drug-likeness (QED) is 0.738. The minimum absolute atomic E-state index is 0.444. The maximum absolute atomic E-state index is 4.45. The molecule has 5 nitrogen and oxygen atoms in total. The standard InChI is InChI=1S/C19H21N5/c1-15(23-9-2-3-10-23)16-6-4-7-17(12-16)18-13-19(21-14-20-18)24-11-5-8-22-24/h4-8,11-15H,2-3,9-10H2,1H3/t15-/m0/s1. The Morgan fingerprint density at radius 3 is 2.71 bits per heavy atom. The van der Waals surface area contributed by atoms with Gasteiger partial charge in [-0.3, -0.25) is 4.90 Å². The fourth-order valence-electron chi connectivity index (χ4n) is 3.33. The monoisotopic (exact) mass is 319 g/mol. The molecule has 1 saturated heterocycles. The highest BCUT2D eigenvalue weighted by Crippen LogP contribution is 2.28. The van der Waals surface area contributed by atoms with Crippen molar-refractivity contribution in [3.05, 3.63) is 60.7 Å². The summed E-state index contributed by atoms with van der Waals surface area (Å²) < 4.78 is 1.75. The molecule has 3 aromatic rings. The second-order valence-electron chi connectivity index (χ2n) is 6.26. The van der Waals surface area contributed by atoms with E-state index >= 15 is 0 Å². The molecule has 1 atom stereocenters. The van der Waals surface area contributed by atoms with E-state index in [1.54, 1.807) is 17.2 Å². The number of hydrogen-bond donors (Lipinski definition) is 0. The highest BCUT2D eigenvalue weighted by Gasteiger charge is 2.19. The van der Waals surface area contributed by atoms with E-state index in [4.69, 9.17) is 0 Å². The van der Waals surface area contributed by atoms with Crippen LogP contribution in [0, 0.1) is 0 Å². The largest absolute Gasteiger partial charge is 0.297 e. The molecule has 1 fully saturated rings. The number of hydrogen-bond acceptors (Lipinski definition) is 4. The first-order valence-corrected chi connectivity index (χ1v) is 8.48. The molecule has 5 heteroatoms. The van der Waals surface area contributed by atoms with Crippen LogP contribution in [0.3, 0.4) is 0 Å². The van der Waals surface area contributed by atoms with Gasteiger partial charge in [-0.2, -0.15) is 5.10 Å². The number of aromatic nitrogens is 4. The summed E-state index contributed by atoms with van der Waals surface area (Å²) in [6.07, 6.45) is 7.85. The third-order valence-corrected chi connectivity index (χ3v) is 4.74. The zero-order chi connectivity index (χ0) is 16.4. The number of benzene rings is 1. The lowest BCUT2D eigenvalue weighted by atomic mass is 10.0. The minimum atomic E-state index is 0.444. The van der Waals surface area contributed by atoms with Crippen molar-refractivity contribution in [2.24, 2.45) is 0 Å². The summed E-state index contributed by atoms with van der Waals surface area (Å²) in [5, 5.41) is 4.24. The molecule has 0 saturated carbocycles. The first-order chi connectivity index (χ1) is 11.8. The Morgan fingerprint density at radius 1 is 1.04 bits per heavy atom. The van der Waals surface area contributed by atoms with E-state index in [-0.39, 0.29) is 0 Å². The van der Waals surface area contributed by atoms with Gasteiger partial charge in [-0.1, -0.05) is 18.2 Å². The molecule has 3 heterocycles. The average molecular weight is 319 g/mol. The van der Waals surface area contributed by atoms with Crippen LogP contribution in [-0.2, 0) is 0 Å². The summed E-state index contributed by atoms with van der Waals surface area (Å²) in [5.74, 6) is 0.781. The molecule has 0 bridgehead atoms. The zero-order valence-corrected chi connectivity index (χ0v) is 13.8. The van der Waals surface area contributed by atoms with Crippen LogP contribution in [0.4, 0.5) is 0 Å². The third kappa shape index (κ3) is 2.95. The van der Waals surface area contributed by atoms with Crippen molar-refractivity contribution in [3.8, 4) is 17.1 Å². The van der Waals surface area contributed by atoms with Crippen molar-refractivity contribution in [1.29, 1.82) is 0 Å². The van der Waals surface area contributed by atoms with E-state index < -0.39 is 0 Å². The Bertz CT molecular complexity index is 806. The molecule has 122 valence electrons. The number of likely N-dealkylation sites (tertiary alicyclic amines) is 1. The van der Waals surface area contributed by atoms with E-state index in [9.17, 15) is 0 Å². The molecule has 0 aliphatic carbocycles. The van der Waals surface area contributed by atoms with E-state index in [1.807, 2.05) is 18.3 Å². The Balaban J connectivity index is 1.65. The fraction of sp³-hybridized carbons (Fsp3) is 0.316. The van der Waals surface area contributed by atoms with Gasteiger partial charge in [0, 0.05) is 30.1 Å². The number of rotatable bonds is 4. The Kier molecular flexibility index (Phi) is 4.09. The summed E-state index contributed by atoms with van der Waals surface area (Å²) in [4.78, 5) is 11.3. The molecule has 1 aliphatic rings. The van der Waals surface area contributed by atoms with E-state index in [0.717, 1.165) is 17.1 Å². The maximum atomic E-state index is 4.45. The van der Waals surface area contributed by atoms with E-state index in [1.165, 1.54) is 31.5 Å². The molecular formula is C19H21N5. The van der Waals surface area contributed by atoms with Crippen LogP contribution in [0.15, 0.2) is 55.1 Å². The maximum Gasteiger partial charge on any atom is 0.157 e. The lowest BCUT2D eigenvalue weighted by Crippen LogP contribution is -2.23. The minimum Gasteiger partial charge on any atom is -0.297 e. The predicted molar refractivity (Wildman–Crippen MR) is 93.8 cm³/mol. The van der Waals surface area contributed by atoms with Crippen molar-refractivity contribution in [2.75, 3.05) is 13.1 Å². The molecule has 24 heavy (non-hydrogen) atoms. The van der Waals surface area contributed by atoms with Gasteiger partial charge in [-0.15, -0.1) is 0 Å². The molecule has 0 amide bonds. The van der Waals surface area contributed by atoms with E-state index in [0.29, 0.717) is 6.04 Å². The van der Waals surface area contributed by atoms with Crippen LogP contribution < -0.4 is 0 Å². The first kappa shape index (κ1) is 15.0. The van der Waals surface area contributed by atoms with Gasteiger partial charge in [0.2, 0.25) is 0 Å². The average Bonchev–Trinajstić information content (AvgIpc) is 3.35. The van der Waals surface area contributed by atoms with Crippen LogP contribution in [0.25, 0.3) is 17.1 Å². The van der Waals surface area contributed by atoms with Gasteiger partial charge in [0.15, 0.2) is 5.82 Å². The molecule has 4 rings (SSSR count). The third-order valence-electron chi connectivity index (χ3n) is 4.74. The van der Waals surface area contributed by atoms with Crippen molar-refractivity contribution < 1.29 is 0 Å². The second kappa shape index (κ2) is 6.53. The molecule has 0 radical (unpaired) electrons. The molecular weight excluding hydrogens is 298 g/mol. The summed E-state index contributed by atoms with van der Waals surface area (Å²) in [7, 11) is 0. The SMILES string of the molecule is C[C@@H](c1cccc(-c2cc(-n3cccn3)ncn2)c1)N1CCCC1. The smallest absolute Gasteiger partial charge is 0.157 e. The van der Waals surface area contributed by atoms with Crippen LogP contribution in [0.1, 0.15) is 31.4 Å². The molecule has 1 aliphatic heterocycles. The summed E-state index contributed by atoms with van der Waals surface area (Å²) in [5.41, 5.74) is 3.38. The molecule has 2 aromatic heterocycles. The lowest BCUT2D eigenvalue weighted by Gasteiger charge is -2.24.